The molecule has 5 heteroatoms. The molecule has 0 saturated carbocycles. The van der Waals surface area contributed by atoms with Gasteiger partial charge in [0.25, 0.3) is 5.91 Å². The van der Waals surface area contributed by atoms with E-state index in [0.29, 0.717) is 11.1 Å². The number of carboxylic acid groups (broad SMARTS) is 1. The van der Waals surface area contributed by atoms with Crippen molar-refractivity contribution in [2.24, 2.45) is 0 Å². The fraction of sp³-hybridized carbons (Fsp3) is 0.263. The minimum absolute atomic E-state index is 0.0279. The van der Waals surface area contributed by atoms with Crippen molar-refractivity contribution in [3.63, 3.8) is 0 Å². The summed E-state index contributed by atoms with van der Waals surface area (Å²) in [5.74, 6) is -0.941. The number of amides is 1. The van der Waals surface area contributed by atoms with E-state index >= 15 is 0 Å². The summed E-state index contributed by atoms with van der Waals surface area (Å²) >= 11 is 0. The van der Waals surface area contributed by atoms with Crippen LogP contribution in [0.4, 0.5) is 5.69 Å². The van der Waals surface area contributed by atoms with Gasteiger partial charge < -0.3 is 15.3 Å². The molecule has 2 aromatic carbocycles. The summed E-state index contributed by atoms with van der Waals surface area (Å²) in [6, 6.07) is 16.3. The third kappa shape index (κ3) is 3.74. The van der Waals surface area contributed by atoms with E-state index in [1.54, 1.807) is 12.1 Å². The molecule has 0 spiro atoms. The van der Waals surface area contributed by atoms with Gasteiger partial charge in [-0.05, 0) is 49.2 Å². The number of aromatic carboxylic acids is 1. The zero-order valence-electron chi connectivity index (χ0n) is 13.3. The molecule has 0 unspecified atom stereocenters. The van der Waals surface area contributed by atoms with Crippen molar-refractivity contribution in [3.05, 3.63) is 65.7 Å². The summed E-state index contributed by atoms with van der Waals surface area (Å²) < 4.78 is 0. The molecule has 1 amide bonds. The summed E-state index contributed by atoms with van der Waals surface area (Å²) in [6.07, 6.45) is 1.75. The molecule has 0 radical (unpaired) electrons. The first-order valence-corrected chi connectivity index (χ1v) is 8.08. The van der Waals surface area contributed by atoms with Gasteiger partial charge in [0.2, 0.25) is 0 Å². The number of hydrogen-bond acceptors (Lipinski definition) is 3. The average molecular weight is 324 g/mol. The van der Waals surface area contributed by atoms with Crippen LogP contribution >= 0.6 is 0 Å². The highest BCUT2D eigenvalue weighted by molar-refractivity contribution is 5.94. The van der Waals surface area contributed by atoms with Gasteiger partial charge in [0.05, 0.1) is 5.56 Å². The summed E-state index contributed by atoms with van der Waals surface area (Å²) in [6.45, 7) is 1.68. The lowest BCUT2D eigenvalue weighted by molar-refractivity contribution is 0.0696. The van der Waals surface area contributed by atoms with Crippen LogP contribution in [0, 0.1) is 0 Å². The lowest BCUT2D eigenvalue weighted by Crippen LogP contribution is -2.44. The molecule has 2 aromatic rings. The summed E-state index contributed by atoms with van der Waals surface area (Å²) in [5, 5.41) is 12.0. The zero-order chi connectivity index (χ0) is 16.9. The van der Waals surface area contributed by atoms with Crippen molar-refractivity contribution in [2.75, 3.05) is 18.0 Å². The number of nitrogens with zero attached hydrogens (tertiary/aromatic N) is 1. The van der Waals surface area contributed by atoms with Crippen molar-refractivity contribution in [1.29, 1.82) is 0 Å². The van der Waals surface area contributed by atoms with Gasteiger partial charge in [-0.3, -0.25) is 4.79 Å². The second-order valence-electron chi connectivity index (χ2n) is 5.95. The number of carbonyl (C=O) groups is 2. The maximum absolute atomic E-state index is 12.2. The summed E-state index contributed by atoms with van der Waals surface area (Å²) in [4.78, 5) is 25.3. The second kappa shape index (κ2) is 7.17. The minimum atomic E-state index is -0.913. The predicted octanol–water partition coefficient (Wildman–Crippen LogP) is 2.78. The molecule has 0 bridgehead atoms. The van der Waals surface area contributed by atoms with Crippen LogP contribution in [0.1, 0.15) is 33.6 Å². The van der Waals surface area contributed by atoms with Crippen molar-refractivity contribution in [3.8, 4) is 0 Å². The SMILES string of the molecule is O=C(O)c1ccc(N2CCC(NC(=O)c3ccccc3)CC2)cc1. The molecule has 0 atom stereocenters. The second-order valence-corrected chi connectivity index (χ2v) is 5.95. The van der Waals surface area contributed by atoms with E-state index in [2.05, 4.69) is 10.2 Å². The Balaban J connectivity index is 1.54. The highest BCUT2D eigenvalue weighted by atomic mass is 16.4. The Labute approximate surface area is 140 Å². The van der Waals surface area contributed by atoms with E-state index < -0.39 is 5.97 Å². The quantitative estimate of drug-likeness (QED) is 0.907. The van der Waals surface area contributed by atoms with Crippen LogP contribution in [-0.4, -0.2) is 36.1 Å². The van der Waals surface area contributed by atoms with Gasteiger partial charge >= 0.3 is 5.97 Å². The van der Waals surface area contributed by atoms with Crippen LogP contribution in [0.25, 0.3) is 0 Å². The predicted molar refractivity (Wildman–Crippen MR) is 92.5 cm³/mol. The minimum Gasteiger partial charge on any atom is -0.478 e. The number of carbonyl (C=O) groups excluding carboxylic acids is 1. The largest absolute Gasteiger partial charge is 0.478 e. The summed E-state index contributed by atoms with van der Waals surface area (Å²) in [7, 11) is 0. The first-order valence-electron chi connectivity index (χ1n) is 8.08. The number of hydrogen-bond donors (Lipinski definition) is 2. The molecule has 124 valence electrons. The number of rotatable bonds is 4. The average Bonchev–Trinajstić information content (AvgIpc) is 2.63. The third-order valence-corrected chi connectivity index (χ3v) is 4.35. The Morgan fingerprint density at radius 3 is 2.12 bits per heavy atom. The Hall–Kier alpha value is -2.82. The van der Waals surface area contributed by atoms with Gasteiger partial charge in [-0.25, -0.2) is 4.79 Å². The Bertz CT molecular complexity index is 705. The van der Waals surface area contributed by atoms with Crippen LogP contribution in [0.2, 0.25) is 0 Å². The van der Waals surface area contributed by atoms with Crippen LogP contribution < -0.4 is 10.2 Å². The van der Waals surface area contributed by atoms with Crippen LogP contribution in [0.3, 0.4) is 0 Å². The highest BCUT2D eigenvalue weighted by Gasteiger charge is 2.21. The maximum Gasteiger partial charge on any atom is 0.335 e. The van der Waals surface area contributed by atoms with Crippen molar-refractivity contribution >= 4 is 17.6 Å². The van der Waals surface area contributed by atoms with E-state index in [0.717, 1.165) is 31.6 Å². The standard InChI is InChI=1S/C19H20N2O3/c22-18(14-4-2-1-3-5-14)20-16-10-12-21(13-11-16)17-8-6-15(7-9-17)19(23)24/h1-9,16H,10-13H2,(H,20,22)(H,23,24). The Morgan fingerprint density at radius 2 is 1.54 bits per heavy atom. The lowest BCUT2D eigenvalue weighted by Gasteiger charge is -2.34. The highest BCUT2D eigenvalue weighted by Crippen LogP contribution is 2.21. The summed E-state index contributed by atoms with van der Waals surface area (Å²) in [5.41, 5.74) is 2.00. The molecule has 5 nitrogen and oxygen atoms in total. The Kier molecular flexibility index (Phi) is 4.79. The molecule has 1 heterocycles. The van der Waals surface area contributed by atoms with E-state index in [9.17, 15) is 9.59 Å². The maximum atomic E-state index is 12.2. The topological polar surface area (TPSA) is 69.6 Å². The monoisotopic (exact) mass is 324 g/mol. The van der Waals surface area contributed by atoms with Gasteiger partial charge in [-0.15, -0.1) is 0 Å². The van der Waals surface area contributed by atoms with Crippen LogP contribution in [0.15, 0.2) is 54.6 Å². The number of piperidine rings is 1. The number of nitrogens with one attached hydrogen (secondary N) is 1. The normalized spacial score (nSPS) is 15.1. The Morgan fingerprint density at radius 1 is 0.917 bits per heavy atom. The first-order chi connectivity index (χ1) is 11.6. The fourth-order valence-corrected chi connectivity index (χ4v) is 2.96. The molecule has 1 aliphatic rings. The van der Waals surface area contributed by atoms with Crippen molar-refractivity contribution in [2.45, 2.75) is 18.9 Å². The molecule has 3 rings (SSSR count). The zero-order valence-corrected chi connectivity index (χ0v) is 13.3. The number of carboxylic acids is 1. The molecule has 1 fully saturated rings. The van der Waals surface area contributed by atoms with E-state index in [1.807, 2.05) is 42.5 Å². The van der Waals surface area contributed by atoms with Gasteiger partial charge in [-0.2, -0.15) is 0 Å². The number of anilines is 1. The molecule has 0 aliphatic carbocycles. The number of benzene rings is 2. The van der Waals surface area contributed by atoms with Crippen molar-refractivity contribution in [1.82, 2.24) is 5.32 Å². The third-order valence-electron chi connectivity index (χ3n) is 4.35. The van der Waals surface area contributed by atoms with Gasteiger partial charge in [-0.1, -0.05) is 18.2 Å². The molecular formula is C19H20N2O3. The van der Waals surface area contributed by atoms with E-state index in [4.69, 9.17) is 5.11 Å². The first kappa shape index (κ1) is 16.1. The van der Waals surface area contributed by atoms with Gasteiger partial charge in [0.1, 0.15) is 0 Å². The van der Waals surface area contributed by atoms with Crippen LogP contribution in [-0.2, 0) is 0 Å². The lowest BCUT2D eigenvalue weighted by atomic mass is 10.0. The molecule has 1 aliphatic heterocycles. The molecule has 24 heavy (non-hydrogen) atoms. The molecule has 0 aromatic heterocycles. The molecule has 2 N–H and O–H groups in total. The van der Waals surface area contributed by atoms with E-state index in [-0.39, 0.29) is 11.9 Å². The van der Waals surface area contributed by atoms with Gasteiger partial charge in [0.15, 0.2) is 0 Å². The van der Waals surface area contributed by atoms with Gasteiger partial charge in [0, 0.05) is 30.4 Å². The van der Waals surface area contributed by atoms with Crippen molar-refractivity contribution < 1.29 is 14.7 Å². The van der Waals surface area contributed by atoms with Crippen LogP contribution in [0.5, 0.6) is 0 Å². The van der Waals surface area contributed by atoms with E-state index in [1.165, 1.54) is 0 Å². The fourth-order valence-electron chi connectivity index (χ4n) is 2.96. The smallest absolute Gasteiger partial charge is 0.335 e. The molecular weight excluding hydrogens is 304 g/mol. The molecule has 1 saturated heterocycles.